The number of rotatable bonds is 20. The molecule has 5 nitrogen and oxygen atoms in total. The van der Waals surface area contributed by atoms with Crippen LogP contribution < -0.4 is 14.8 Å². The van der Waals surface area contributed by atoms with Gasteiger partial charge in [0.1, 0.15) is 0 Å². The second-order valence-corrected chi connectivity index (χ2v) is 11.3. The average Bonchev–Trinajstić information content (AvgIpc) is 3.46. The Balaban J connectivity index is 0.00000560. The van der Waals surface area contributed by atoms with Gasteiger partial charge in [-0.3, -0.25) is 4.79 Å². The molecule has 1 amide bonds. The first-order valence-corrected chi connectivity index (χ1v) is 15.9. The van der Waals surface area contributed by atoms with E-state index in [4.69, 9.17) is 9.47 Å². The summed E-state index contributed by atoms with van der Waals surface area (Å²) in [5.74, 6) is 2.32. The smallest absolute Gasteiger partial charge is 0.228 e. The summed E-state index contributed by atoms with van der Waals surface area (Å²) in [6.45, 7) is 3.74. The zero-order valence-corrected chi connectivity index (χ0v) is 27.0. The second kappa shape index (κ2) is 20.7. The highest BCUT2D eigenvalue weighted by molar-refractivity contribution is 8.93. The summed E-state index contributed by atoms with van der Waals surface area (Å²) in [5.41, 5.74) is 2.87. The number of carbonyl (C=O) groups excluding carboxylic acids is 1. The van der Waals surface area contributed by atoms with Crippen LogP contribution in [0.15, 0.2) is 54.1 Å². The standard InChI is InChI=1S/C33H48N2O3S.BrH/c1-3-4-5-6-7-8-9-10-11-12-13-16-22-38-31-20-19-28(24-32(31)37-2)25-33(36)34-30-18-15-14-17-29(30)26-35-21-23-39-27-35;/h14-15,17-21,23-24H,3-13,16,22,25-27H2,1-2H3,(H,34,36);1H. The van der Waals surface area contributed by atoms with E-state index in [1.54, 1.807) is 18.9 Å². The van der Waals surface area contributed by atoms with Crippen LogP contribution in [0, 0.1) is 0 Å². The molecule has 1 aliphatic heterocycles. The van der Waals surface area contributed by atoms with Crippen molar-refractivity contribution < 1.29 is 14.3 Å². The van der Waals surface area contributed by atoms with Crippen LogP contribution in [0.3, 0.4) is 0 Å². The monoisotopic (exact) mass is 632 g/mol. The number of carbonyl (C=O) groups is 1. The highest BCUT2D eigenvalue weighted by Crippen LogP contribution is 2.29. The van der Waals surface area contributed by atoms with Crippen LogP contribution in [0.25, 0.3) is 0 Å². The first-order valence-electron chi connectivity index (χ1n) is 14.9. The molecule has 1 N–H and O–H groups in total. The lowest BCUT2D eigenvalue weighted by atomic mass is 10.1. The summed E-state index contributed by atoms with van der Waals surface area (Å²) in [6.07, 6.45) is 18.3. The van der Waals surface area contributed by atoms with Crippen LogP contribution in [0.1, 0.15) is 95.1 Å². The molecular weight excluding hydrogens is 584 g/mol. The number of ether oxygens (including phenoxy) is 2. The molecule has 40 heavy (non-hydrogen) atoms. The fourth-order valence-corrected chi connectivity index (χ4v) is 5.57. The molecular formula is C33H49BrN2O3S. The molecule has 1 heterocycles. The Labute approximate surface area is 257 Å². The normalized spacial score (nSPS) is 12.3. The predicted octanol–water partition coefficient (Wildman–Crippen LogP) is 9.51. The van der Waals surface area contributed by atoms with Gasteiger partial charge in [-0.25, -0.2) is 0 Å². The molecule has 3 rings (SSSR count). The Morgan fingerprint density at radius 2 is 1.57 bits per heavy atom. The summed E-state index contributed by atoms with van der Waals surface area (Å²) in [6, 6.07) is 13.8. The molecule has 0 atom stereocenters. The highest BCUT2D eigenvalue weighted by atomic mass is 79.9. The van der Waals surface area contributed by atoms with Crippen molar-refractivity contribution in [3.8, 4) is 11.5 Å². The van der Waals surface area contributed by atoms with Gasteiger partial charge in [0, 0.05) is 18.4 Å². The van der Waals surface area contributed by atoms with E-state index < -0.39 is 0 Å². The van der Waals surface area contributed by atoms with E-state index in [1.165, 1.54) is 70.6 Å². The van der Waals surface area contributed by atoms with Gasteiger partial charge in [-0.05, 0) is 41.2 Å². The number of hydrogen-bond donors (Lipinski definition) is 1. The maximum absolute atomic E-state index is 12.8. The largest absolute Gasteiger partial charge is 0.493 e. The third-order valence-electron chi connectivity index (χ3n) is 7.12. The Bertz CT molecular complexity index is 1020. The van der Waals surface area contributed by atoms with E-state index >= 15 is 0 Å². The predicted molar refractivity (Wildman–Crippen MR) is 176 cm³/mol. The number of thioether (sulfide) groups is 1. The summed E-state index contributed by atoms with van der Waals surface area (Å²) in [4.78, 5) is 15.1. The molecule has 7 heteroatoms. The van der Waals surface area contributed by atoms with Crippen molar-refractivity contribution in [1.29, 1.82) is 0 Å². The van der Waals surface area contributed by atoms with E-state index in [-0.39, 0.29) is 29.3 Å². The summed E-state index contributed by atoms with van der Waals surface area (Å²) in [7, 11) is 1.65. The first-order chi connectivity index (χ1) is 19.2. The number of amides is 1. The molecule has 222 valence electrons. The number of hydrogen-bond acceptors (Lipinski definition) is 5. The molecule has 0 fully saturated rings. The minimum absolute atomic E-state index is 0. The van der Waals surface area contributed by atoms with Gasteiger partial charge in [0.25, 0.3) is 0 Å². The van der Waals surface area contributed by atoms with Crippen LogP contribution in [-0.2, 0) is 17.8 Å². The van der Waals surface area contributed by atoms with Gasteiger partial charge in [0.2, 0.25) is 5.91 Å². The van der Waals surface area contributed by atoms with Crippen molar-refractivity contribution in [2.24, 2.45) is 0 Å². The Morgan fingerprint density at radius 1 is 0.900 bits per heavy atom. The number of benzene rings is 2. The van der Waals surface area contributed by atoms with Gasteiger partial charge in [0.05, 0.1) is 26.0 Å². The molecule has 0 radical (unpaired) electrons. The number of nitrogens with one attached hydrogen (secondary N) is 1. The summed E-state index contributed by atoms with van der Waals surface area (Å²) < 4.78 is 11.6. The minimum Gasteiger partial charge on any atom is -0.493 e. The van der Waals surface area contributed by atoms with Crippen molar-refractivity contribution in [3.63, 3.8) is 0 Å². The second-order valence-electron chi connectivity index (χ2n) is 10.4. The van der Waals surface area contributed by atoms with Crippen LogP contribution in [0.2, 0.25) is 0 Å². The van der Waals surface area contributed by atoms with E-state index in [2.05, 4.69) is 34.8 Å². The molecule has 2 aromatic carbocycles. The molecule has 0 aromatic heterocycles. The lowest BCUT2D eigenvalue weighted by Gasteiger charge is -2.18. The molecule has 2 aromatic rings. The fourth-order valence-electron chi connectivity index (χ4n) is 4.85. The summed E-state index contributed by atoms with van der Waals surface area (Å²) in [5, 5.41) is 5.19. The van der Waals surface area contributed by atoms with E-state index in [0.717, 1.165) is 41.4 Å². The lowest BCUT2D eigenvalue weighted by Crippen LogP contribution is -2.18. The Kier molecular flexibility index (Phi) is 17.6. The SMILES string of the molecule is Br.CCCCCCCCCCCCCCOc1ccc(CC(=O)Nc2ccccc2CN2C=CSC2)cc1OC. The number of halogens is 1. The summed E-state index contributed by atoms with van der Waals surface area (Å²) >= 11 is 1.78. The Morgan fingerprint density at radius 3 is 2.23 bits per heavy atom. The van der Waals surface area contributed by atoms with Gasteiger partial charge in [-0.2, -0.15) is 0 Å². The fraction of sp³-hybridized carbons (Fsp3) is 0.545. The van der Waals surface area contributed by atoms with E-state index in [1.807, 2.05) is 36.4 Å². The molecule has 0 spiro atoms. The Hall–Kier alpha value is -2.12. The maximum Gasteiger partial charge on any atom is 0.228 e. The van der Waals surface area contributed by atoms with Crippen molar-refractivity contribution in [2.45, 2.75) is 96.9 Å². The minimum atomic E-state index is -0.0407. The van der Waals surface area contributed by atoms with E-state index in [0.29, 0.717) is 12.4 Å². The van der Waals surface area contributed by atoms with Gasteiger partial charge >= 0.3 is 0 Å². The molecule has 0 aliphatic carbocycles. The van der Waals surface area contributed by atoms with Gasteiger partial charge in [-0.1, -0.05) is 102 Å². The lowest BCUT2D eigenvalue weighted by molar-refractivity contribution is -0.115. The van der Waals surface area contributed by atoms with Crippen molar-refractivity contribution >= 4 is 40.3 Å². The third kappa shape index (κ3) is 13.0. The van der Waals surface area contributed by atoms with Crippen LogP contribution in [0.4, 0.5) is 5.69 Å². The number of unbranched alkanes of at least 4 members (excludes halogenated alkanes) is 11. The van der Waals surface area contributed by atoms with Gasteiger partial charge in [-0.15, -0.1) is 28.7 Å². The van der Waals surface area contributed by atoms with Crippen LogP contribution in [-0.4, -0.2) is 30.4 Å². The van der Waals surface area contributed by atoms with Gasteiger partial charge < -0.3 is 19.7 Å². The quantitative estimate of drug-likeness (QED) is 0.147. The van der Waals surface area contributed by atoms with Crippen LogP contribution in [0.5, 0.6) is 11.5 Å². The maximum atomic E-state index is 12.8. The molecule has 0 saturated carbocycles. The molecule has 1 aliphatic rings. The zero-order chi connectivity index (χ0) is 27.5. The number of methoxy groups -OCH3 is 1. The van der Waals surface area contributed by atoms with Crippen molar-refractivity contribution in [3.05, 3.63) is 65.2 Å². The molecule has 0 unspecified atom stereocenters. The zero-order valence-electron chi connectivity index (χ0n) is 24.5. The topological polar surface area (TPSA) is 50.8 Å². The van der Waals surface area contributed by atoms with Gasteiger partial charge in [0.15, 0.2) is 11.5 Å². The van der Waals surface area contributed by atoms with Crippen molar-refractivity contribution in [1.82, 2.24) is 4.90 Å². The average molecular weight is 634 g/mol. The first kappa shape index (κ1) is 34.1. The van der Waals surface area contributed by atoms with Crippen LogP contribution >= 0.6 is 28.7 Å². The van der Waals surface area contributed by atoms with E-state index in [9.17, 15) is 4.79 Å². The number of nitrogens with zero attached hydrogens (tertiary/aromatic N) is 1. The molecule has 0 bridgehead atoms. The number of para-hydroxylation sites is 1. The third-order valence-corrected chi connectivity index (χ3v) is 7.92. The van der Waals surface area contributed by atoms with Crippen molar-refractivity contribution in [2.75, 3.05) is 24.9 Å². The number of anilines is 1. The highest BCUT2D eigenvalue weighted by Gasteiger charge is 2.13. The molecule has 0 saturated heterocycles.